The third-order valence-electron chi connectivity index (χ3n) is 8.62. The average molecular weight is 703 g/mol. The summed E-state index contributed by atoms with van der Waals surface area (Å²) in [4.78, 5) is 56.9. The molecule has 3 aromatic carbocycles. The molecule has 1 atom stereocenters. The predicted molar refractivity (Wildman–Crippen MR) is 177 cm³/mol. The van der Waals surface area contributed by atoms with Gasteiger partial charge in [-0.25, -0.2) is 23.1 Å². The first-order valence-corrected chi connectivity index (χ1v) is 15.8. The van der Waals surface area contributed by atoms with Gasteiger partial charge < -0.3 is 20.8 Å². The number of aliphatic carboxylic acids is 1. The quantitative estimate of drug-likeness (QED) is 0.141. The van der Waals surface area contributed by atoms with Gasteiger partial charge in [-0.2, -0.15) is 5.10 Å². The Morgan fingerprint density at radius 3 is 2.50 bits per heavy atom. The maximum Gasteiger partial charge on any atom is 0.335 e. The fourth-order valence-electron chi connectivity index (χ4n) is 6.22. The number of benzene rings is 3. The van der Waals surface area contributed by atoms with E-state index in [-0.39, 0.29) is 46.1 Å². The van der Waals surface area contributed by atoms with Crippen LogP contribution in [0.5, 0.6) is 0 Å². The van der Waals surface area contributed by atoms with E-state index in [2.05, 4.69) is 20.7 Å². The van der Waals surface area contributed by atoms with E-state index in [1.165, 1.54) is 28.9 Å². The van der Waals surface area contributed by atoms with Gasteiger partial charge in [0.15, 0.2) is 17.3 Å². The minimum atomic E-state index is -1.12. The van der Waals surface area contributed by atoms with E-state index in [0.717, 1.165) is 23.3 Å². The lowest BCUT2D eigenvalue weighted by Gasteiger charge is -2.28. The molecule has 15 heteroatoms. The summed E-state index contributed by atoms with van der Waals surface area (Å²) in [5.41, 5.74) is 3.19. The Kier molecular flexibility index (Phi) is 9.57. The molecule has 0 bridgehead atoms. The van der Waals surface area contributed by atoms with E-state index >= 15 is 0 Å². The number of rotatable bonds is 11. The van der Waals surface area contributed by atoms with E-state index in [9.17, 15) is 38.2 Å². The molecule has 50 heavy (non-hydrogen) atoms. The van der Waals surface area contributed by atoms with Crippen LogP contribution in [0.15, 0.2) is 66.9 Å². The highest BCUT2D eigenvalue weighted by Crippen LogP contribution is 2.39. The number of carboxylic acid groups (broad SMARTS) is 2. The highest BCUT2D eigenvalue weighted by Gasteiger charge is 2.32. The Morgan fingerprint density at radius 1 is 1.00 bits per heavy atom. The Balaban J connectivity index is 1.39. The molecule has 5 aromatic rings. The molecule has 0 aliphatic heterocycles. The molecule has 0 fully saturated rings. The summed E-state index contributed by atoms with van der Waals surface area (Å²) in [7, 11) is 0. The Bertz CT molecular complexity index is 2190. The lowest BCUT2D eigenvalue weighted by Crippen LogP contribution is -2.33. The monoisotopic (exact) mass is 702 g/mol. The fourth-order valence-corrected chi connectivity index (χ4v) is 6.40. The van der Waals surface area contributed by atoms with Crippen molar-refractivity contribution in [2.75, 3.05) is 11.9 Å². The molecular weight excluding hydrogens is 674 g/mol. The first kappa shape index (κ1) is 34.1. The number of anilines is 1. The van der Waals surface area contributed by atoms with E-state index in [4.69, 9.17) is 11.6 Å². The number of carboxylic acids is 2. The second kappa shape index (κ2) is 14.0. The van der Waals surface area contributed by atoms with Gasteiger partial charge in [0.05, 0.1) is 34.7 Å². The summed E-state index contributed by atoms with van der Waals surface area (Å²) in [6, 6.07) is 14.0. The number of hydrogen-bond donors (Lipinski definition) is 4. The van der Waals surface area contributed by atoms with Crippen LogP contribution in [0.3, 0.4) is 0 Å². The number of amides is 2. The van der Waals surface area contributed by atoms with E-state index in [1.807, 2.05) is 0 Å². The first-order chi connectivity index (χ1) is 23.9. The lowest BCUT2D eigenvalue weighted by molar-refractivity contribution is -0.139. The number of aromatic carboxylic acids is 1. The molecule has 0 spiro atoms. The number of aromatic nitrogens is 3. The minimum absolute atomic E-state index is 0.00533. The summed E-state index contributed by atoms with van der Waals surface area (Å²) in [6.45, 7) is 1.08. The number of carbonyl (C=O) groups excluding carboxylic acids is 2. The van der Waals surface area contributed by atoms with Crippen molar-refractivity contribution in [1.82, 2.24) is 24.8 Å². The molecular formula is C35H29ClF2N6O6. The molecule has 4 N–H and O–H groups in total. The Morgan fingerprint density at radius 2 is 1.78 bits per heavy atom. The summed E-state index contributed by atoms with van der Waals surface area (Å²) in [5.74, 6) is -5.61. The van der Waals surface area contributed by atoms with Gasteiger partial charge in [-0.1, -0.05) is 35.9 Å². The molecule has 2 amide bonds. The molecule has 256 valence electrons. The van der Waals surface area contributed by atoms with Crippen molar-refractivity contribution in [3.63, 3.8) is 0 Å². The van der Waals surface area contributed by atoms with E-state index in [1.54, 1.807) is 42.2 Å². The van der Waals surface area contributed by atoms with Crippen molar-refractivity contribution in [1.29, 1.82) is 0 Å². The zero-order chi connectivity index (χ0) is 35.7. The number of carbonyl (C=O) groups is 4. The minimum Gasteiger partial charge on any atom is -0.480 e. The third kappa shape index (κ3) is 6.88. The zero-order valence-electron chi connectivity index (χ0n) is 26.4. The summed E-state index contributed by atoms with van der Waals surface area (Å²) in [6.07, 6.45) is 2.30. The van der Waals surface area contributed by atoms with Crippen LogP contribution >= 0.6 is 11.6 Å². The fraction of sp³-hybridized carbons (Fsp3) is 0.200. The molecule has 0 saturated carbocycles. The van der Waals surface area contributed by atoms with Crippen LogP contribution in [0.2, 0.25) is 5.02 Å². The number of fused-ring (bicyclic) bond motifs is 2. The smallest absolute Gasteiger partial charge is 0.335 e. The van der Waals surface area contributed by atoms with Crippen LogP contribution in [0.25, 0.3) is 5.65 Å². The Labute approximate surface area is 288 Å². The molecule has 2 heterocycles. The number of halogens is 3. The molecule has 6 rings (SSSR count). The summed E-state index contributed by atoms with van der Waals surface area (Å²) in [5, 5.41) is 29.5. The van der Waals surface area contributed by atoms with Crippen molar-refractivity contribution < 1.29 is 38.2 Å². The maximum absolute atomic E-state index is 13.8. The van der Waals surface area contributed by atoms with Gasteiger partial charge in [-0.15, -0.1) is 0 Å². The average Bonchev–Trinajstić information content (AvgIpc) is 3.71. The number of hydrogen-bond acceptors (Lipinski definition) is 7. The first-order valence-electron chi connectivity index (χ1n) is 15.4. The van der Waals surface area contributed by atoms with E-state index in [0.29, 0.717) is 29.8 Å². The van der Waals surface area contributed by atoms with Gasteiger partial charge in [0.25, 0.3) is 11.8 Å². The topological polar surface area (TPSA) is 166 Å². The standard InChI is InChI=1S/C35H29ClF2N6O6/c1-18-21-9-11-30(23(21)8-7-22(18)35(49)50)43(17-31(45)46)16-20-13-29(34(48)39-14-19-6-10-26(37)27(38)12-19)41-32-24(15-40-44(20)32)33(47)42-28-5-3-2-4-25(28)36/h2-8,10,12-13,15,30H,9,11,14,16-17H2,1H3,(H,39,48)(H,42,47)(H,45,46)(H,49,50)/t30-/m0/s1. The summed E-state index contributed by atoms with van der Waals surface area (Å²) >= 11 is 6.24. The van der Waals surface area contributed by atoms with Crippen molar-refractivity contribution in [2.24, 2.45) is 0 Å². The number of nitrogens with one attached hydrogen (secondary N) is 2. The third-order valence-corrected chi connectivity index (χ3v) is 8.95. The van der Waals surface area contributed by atoms with Gasteiger partial charge in [0.1, 0.15) is 11.3 Å². The molecule has 0 saturated heterocycles. The van der Waals surface area contributed by atoms with Gasteiger partial charge in [-0.3, -0.25) is 19.3 Å². The molecule has 0 radical (unpaired) electrons. The van der Waals surface area contributed by atoms with Crippen LogP contribution in [0.1, 0.15) is 71.6 Å². The molecule has 2 aromatic heterocycles. The van der Waals surface area contributed by atoms with Crippen molar-refractivity contribution in [3.8, 4) is 0 Å². The summed E-state index contributed by atoms with van der Waals surface area (Å²) < 4.78 is 28.6. The lowest BCUT2D eigenvalue weighted by atomic mass is 9.97. The predicted octanol–water partition coefficient (Wildman–Crippen LogP) is 5.42. The van der Waals surface area contributed by atoms with Crippen LogP contribution in [-0.4, -0.2) is 60.0 Å². The van der Waals surface area contributed by atoms with Gasteiger partial charge in [0, 0.05) is 19.1 Å². The number of para-hydroxylation sites is 1. The normalized spacial score (nSPS) is 13.7. The van der Waals surface area contributed by atoms with Crippen molar-refractivity contribution >= 4 is 46.7 Å². The van der Waals surface area contributed by atoms with E-state index < -0.39 is 48.0 Å². The largest absolute Gasteiger partial charge is 0.480 e. The Hall–Kier alpha value is -5.73. The van der Waals surface area contributed by atoms with Gasteiger partial charge in [0.2, 0.25) is 0 Å². The van der Waals surface area contributed by atoms with Crippen LogP contribution in [-0.2, 0) is 24.3 Å². The molecule has 1 aliphatic carbocycles. The molecule has 12 nitrogen and oxygen atoms in total. The maximum atomic E-state index is 13.8. The number of nitrogens with zero attached hydrogens (tertiary/aromatic N) is 4. The van der Waals surface area contributed by atoms with Crippen molar-refractivity contribution in [2.45, 2.75) is 38.9 Å². The van der Waals surface area contributed by atoms with Gasteiger partial charge in [-0.05, 0) is 78.4 Å². The van der Waals surface area contributed by atoms with Crippen molar-refractivity contribution in [3.05, 3.63) is 128 Å². The second-order valence-corrected chi connectivity index (χ2v) is 12.2. The second-order valence-electron chi connectivity index (χ2n) is 11.8. The van der Waals surface area contributed by atoms with Gasteiger partial charge >= 0.3 is 11.9 Å². The molecule has 0 unspecified atom stereocenters. The molecule has 1 aliphatic rings. The SMILES string of the molecule is Cc1c(C(=O)O)ccc2c1CC[C@@H]2N(CC(=O)O)Cc1cc(C(=O)NCc2ccc(F)c(F)c2)nc2c(C(=O)Nc3ccccc3Cl)cnn12. The van der Waals surface area contributed by atoms with Crippen LogP contribution in [0, 0.1) is 18.6 Å². The highest BCUT2D eigenvalue weighted by molar-refractivity contribution is 6.34. The van der Waals surface area contributed by atoms with Crippen LogP contribution in [0.4, 0.5) is 14.5 Å². The van der Waals surface area contributed by atoms with Crippen LogP contribution < -0.4 is 10.6 Å². The highest BCUT2D eigenvalue weighted by atomic mass is 35.5. The zero-order valence-corrected chi connectivity index (χ0v) is 27.2.